The molecule has 16 aliphatic rings. The Morgan fingerprint density at radius 1 is 0.383 bits per heavy atom. The van der Waals surface area contributed by atoms with E-state index in [1.807, 2.05) is 11.8 Å². The van der Waals surface area contributed by atoms with E-state index in [0.717, 1.165) is 197 Å². The van der Waals surface area contributed by atoms with Crippen molar-refractivity contribution < 1.29 is 33.7 Å². The van der Waals surface area contributed by atoms with E-state index >= 15 is 0 Å². The number of fused-ring (bicyclic) bond motifs is 1. The first-order valence-corrected chi connectivity index (χ1v) is 60.3. The van der Waals surface area contributed by atoms with Gasteiger partial charge in [0.15, 0.2) is 0 Å². The van der Waals surface area contributed by atoms with Crippen molar-refractivity contribution in [3.05, 3.63) is 24.7 Å². The van der Waals surface area contributed by atoms with Crippen LogP contribution in [0.1, 0.15) is 382 Å². The minimum Gasteiger partial charge on any atom is -0.512 e. The lowest BCUT2D eigenvalue weighted by Gasteiger charge is -2.51. The second-order valence-electron chi connectivity index (χ2n) is 58.1. The van der Waals surface area contributed by atoms with Crippen molar-refractivity contribution in [2.24, 2.45) is 22.2 Å². The van der Waals surface area contributed by atoms with Crippen molar-refractivity contribution in [3.63, 3.8) is 0 Å². The molecule has 0 aromatic heterocycles. The summed E-state index contributed by atoms with van der Waals surface area (Å²) >= 11 is 0. The number of nitriles is 1. The molecule has 12 heterocycles. The number of aliphatic hydroxyl groups is 1. The quantitative estimate of drug-likeness (QED) is 0.188. The summed E-state index contributed by atoms with van der Waals surface area (Å²) in [6.07, 6.45) is 35.0. The molecule has 16 rings (SSSR count). The molecule has 0 radical (unpaired) electrons. The smallest absolute Gasteiger partial charge is 0.409 e. The van der Waals surface area contributed by atoms with E-state index in [0.29, 0.717) is 53.4 Å². The summed E-state index contributed by atoms with van der Waals surface area (Å²) in [6, 6.07) is 4.17. The number of amides is 3. The highest BCUT2D eigenvalue weighted by Gasteiger charge is 2.48. The zero-order valence-corrected chi connectivity index (χ0v) is 104. The largest absolute Gasteiger partial charge is 0.512 e. The average molecular weight is 2100 g/mol. The number of likely N-dealkylation sites (tertiary alicyclic amines) is 3. The normalized spacial score (nSPS) is 25.7. The summed E-state index contributed by atoms with van der Waals surface area (Å²) in [5.41, 5.74) is 5.27. The van der Waals surface area contributed by atoms with Gasteiger partial charge in [-0.3, -0.25) is 78.3 Å². The molecule has 3 unspecified atom stereocenters. The number of methoxy groups -OCH3 is 1. The molecule has 868 valence electrons. The first-order valence-electron chi connectivity index (χ1n) is 60.3. The number of urea groups is 1. The Morgan fingerprint density at radius 3 is 0.987 bits per heavy atom. The minimum absolute atomic E-state index is 0.0933. The minimum atomic E-state index is -0.210. The number of ether oxygens (including phenoxy) is 3. The van der Waals surface area contributed by atoms with Crippen LogP contribution in [0.25, 0.3) is 0 Å². The number of piperidine rings is 4. The lowest BCUT2D eigenvalue weighted by molar-refractivity contribution is -0.145. The van der Waals surface area contributed by atoms with Gasteiger partial charge in [-0.1, -0.05) is 58.6 Å². The van der Waals surface area contributed by atoms with Gasteiger partial charge in [-0.2, -0.15) is 5.26 Å². The predicted octanol–water partition coefficient (Wildman–Crippen LogP) is 21.2. The Hall–Kier alpha value is -4.02. The van der Waals surface area contributed by atoms with Crippen LogP contribution < -0.4 is 0 Å². The monoisotopic (exact) mass is 2090 g/mol. The van der Waals surface area contributed by atoms with Crippen LogP contribution in [0.4, 0.5) is 9.59 Å². The van der Waals surface area contributed by atoms with Crippen LogP contribution in [0.2, 0.25) is 0 Å². The Balaban J connectivity index is 0.000000224. The SMILES string of the molecule is C=C(O)CN1CCN(C(C)(C)C)CC1.C=C1CC(N2CCN(C(C)(C)C)CC2)CCO1.CC(C)(C)N1CCC2(CCC2)CC1.CC(C)(C)N1CCC2(CCCC2)CC1.CC(C)(C)N1CCC2(CCCCC2)CC1.CC(C)(C)N1CCN(C2(C#N)CCC2)CC1.CC1CCN2CCN(C(C)(C)C)CC2C1.CCOC(=O)CN1CCN(C(C)(C)C)CC1.CN(C)C(=O)N1CCN(C(C)(C)C)CC1.COC(=O)N1CCN(C(C)(C)C)CC1. The molecular weight excluding hydrogens is 1860 g/mol. The van der Waals surface area contributed by atoms with E-state index in [1.54, 1.807) is 23.9 Å². The van der Waals surface area contributed by atoms with Crippen LogP contribution in [0, 0.1) is 33.5 Å². The molecule has 12 aliphatic heterocycles. The zero-order chi connectivity index (χ0) is 111. The summed E-state index contributed by atoms with van der Waals surface area (Å²) in [7, 11) is 5.04. The zero-order valence-electron chi connectivity index (χ0n) is 104. The summed E-state index contributed by atoms with van der Waals surface area (Å²) < 4.78 is 15.1. The molecule has 26 heteroatoms. The maximum Gasteiger partial charge on any atom is 0.409 e. The number of hydrogen-bond acceptors (Lipinski definition) is 23. The number of hydrogen-bond donors (Lipinski definition) is 1. The van der Waals surface area contributed by atoms with Gasteiger partial charge in [-0.05, 0) is 398 Å². The molecule has 26 nitrogen and oxygen atoms in total. The number of carbonyl (C=O) groups excluding carboxylic acids is 3. The number of nitrogens with zero attached hydrogens (tertiary/aromatic N) is 19. The van der Waals surface area contributed by atoms with Gasteiger partial charge in [0, 0.05) is 265 Å². The number of piperazine rings is 7. The Kier molecular flexibility index (Phi) is 51.5. The number of rotatable bonds is 7. The van der Waals surface area contributed by atoms with Gasteiger partial charge in [-0.15, -0.1) is 0 Å². The summed E-state index contributed by atoms with van der Waals surface area (Å²) in [4.78, 5) is 77.2. The van der Waals surface area contributed by atoms with Crippen molar-refractivity contribution in [2.45, 2.75) is 455 Å². The van der Waals surface area contributed by atoms with Crippen molar-refractivity contribution in [2.75, 3.05) is 270 Å². The van der Waals surface area contributed by atoms with Gasteiger partial charge in [0.2, 0.25) is 0 Å². The van der Waals surface area contributed by atoms with Crippen molar-refractivity contribution in [1.82, 2.24) is 88.2 Å². The van der Waals surface area contributed by atoms with Gasteiger partial charge in [0.1, 0.15) is 5.54 Å². The van der Waals surface area contributed by atoms with Crippen molar-refractivity contribution in [1.29, 1.82) is 5.26 Å². The van der Waals surface area contributed by atoms with Gasteiger partial charge in [0.05, 0.1) is 51.0 Å². The Morgan fingerprint density at radius 2 is 0.685 bits per heavy atom. The second kappa shape index (κ2) is 58.2. The fourth-order valence-corrected chi connectivity index (χ4v) is 25.5. The molecule has 1 N–H and O–H groups in total. The first-order chi connectivity index (χ1) is 69.1. The number of aliphatic hydroxyl groups excluding tert-OH is 1. The van der Waals surface area contributed by atoms with Crippen LogP contribution in [-0.4, -0.2) is 454 Å². The second-order valence-corrected chi connectivity index (χ2v) is 58.1. The van der Waals surface area contributed by atoms with Gasteiger partial charge in [0.25, 0.3) is 0 Å². The number of esters is 1. The fourth-order valence-electron chi connectivity index (χ4n) is 25.5. The topological polar surface area (TPSA) is 181 Å². The molecule has 3 atom stereocenters. The van der Waals surface area contributed by atoms with E-state index in [9.17, 15) is 19.6 Å². The maximum atomic E-state index is 11.7. The van der Waals surface area contributed by atoms with Crippen LogP contribution in [0.5, 0.6) is 0 Å². The molecule has 3 spiro atoms. The molecule has 3 amide bonds. The molecule has 12 saturated heterocycles. The van der Waals surface area contributed by atoms with E-state index in [2.05, 4.69) is 312 Å². The van der Waals surface area contributed by atoms with Crippen molar-refractivity contribution in [3.8, 4) is 6.07 Å². The molecule has 0 aromatic rings. The standard InChI is InChI=1S/C14H26N2O.C14H27N.C13H23N3.C13H26N2.C13H25N.C12H24N2O2.C12H23N.C11H23N3O.C11H22N2O.C10H20N2O2/c1-12-11-13(5-10-17-12)15-6-8-16(9-7-15)14(2,3)4;1-13(2,3)15-11-9-14(10-12-15)7-5-4-6-8-14;1-12(2,3)15-7-9-16(10-8-15)13(11-14)5-4-6-13;1-11-5-6-14-7-8-15(13(2,3)4)10-12(14)9-11;1-12(2,3)14-10-8-13(9-11-14)6-4-5-7-13;1-5-16-11(15)10-13-6-8-14(9-7-13)12(2,3)4;1-11(2,3)13-9-7-12(8-10-13)5-4-6-12;1-11(2,3)14-8-6-13(7-9-14)10(15)12(4)5;1-10(14)9-12-5-7-13(8-6-12)11(2,3)4;1-10(2,3)12-7-5-11(6-8-12)9(13)14-4/h13H,1,5-11H2,2-4H3;4-12H2,1-3H3;4-10H2,1-3H3;11-12H,5-10H2,1-4H3;4-11H2,1-3H3;5-10H2,1-4H3;4-10H2,1-3H3;6-9H2,1-5H3;14H,1,5-9H2,2-4H3;5-8H2,1-4H3. The fraction of sp³-hybridized carbons (Fsp3) is 0.935. The van der Waals surface area contributed by atoms with Gasteiger partial charge >= 0.3 is 18.1 Å². The molecule has 0 bridgehead atoms. The molecule has 149 heavy (non-hydrogen) atoms. The van der Waals surface area contributed by atoms with Crippen LogP contribution in [0.15, 0.2) is 24.7 Å². The highest BCUT2D eigenvalue weighted by Crippen LogP contribution is 2.51. The van der Waals surface area contributed by atoms with Crippen LogP contribution in [0.3, 0.4) is 0 Å². The van der Waals surface area contributed by atoms with Crippen LogP contribution in [-0.2, 0) is 19.0 Å². The molecule has 4 saturated carbocycles. The van der Waals surface area contributed by atoms with Crippen molar-refractivity contribution >= 4 is 18.1 Å². The van der Waals surface area contributed by atoms with Gasteiger partial charge in [-0.25, -0.2) is 9.59 Å². The third-order valence-corrected chi connectivity index (χ3v) is 36.9. The van der Waals surface area contributed by atoms with E-state index < -0.39 is 0 Å². The molecular formula is C123H239N19O7. The third-order valence-electron chi connectivity index (χ3n) is 36.9. The van der Waals surface area contributed by atoms with Crippen LogP contribution >= 0.6 is 0 Å². The highest BCUT2D eigenvalue weighted by molar-refractivity contribution is 5.74. The summed E-state index contributed by atoms with van der Waals surface area (Å²) in [5.74, 6) is 2.08. The maximum absolute atomic E-state index is 11.7. The van der Waals surface area contributed by atoms with Gasteiger partial charge < -0.3 is 34.0 Å². The Labute approximate surface area is 918 Å². The van der Waals surface area contributed by atoms with E-state index in [4.69, 9.17) is 14.6 Å². The third kappa shape index (κ3) is 43.9. The predicted molar refractivity (Wildman–Crippen MR) is 627 cm³/mol. The molecule has 0 aromatic carbocycles. The summed E-state index contributed by atoms with van der Waals surface area (Å²) in [6.45, 7) is 120. The first kappa shape index (κ1) is 132. The highest BCUT2D eigenvalue weighted by atomic mass is 16.5. The average Bonchev–Trinajstić information content (AvgIpc) is 1.21. The number of carbonyl (C=O) groups is 3. The lowest BCUT2D eigenvalue weighted by atomic mass is 9.63. The van der Waals surface area contributed by atoms with E-state index in [1.165, 1.54) is 234 Å². The van der Waals surface area contributed by atoms with E-state index in [-0.39, 0.29) is 57.1 Å². The Bertz CT molecular complexity index is 3850. The molecule has 16 fully saturated rings. The lowest BCUT2D eigenvalue weighted by Crippen LogP contribution is -2.61. The molecule has 4 aliphatic carbocycles. The summed E-state index contributed by atoms with van der Waals surface area (Å²) in [5, 5.41) is 18.4.